The summed E-state index contributed by atoms with van der Waals surface area (Å²) in [5.41, 5.74) is 0.524. The predicted molar refractivity (Wildman–Crippen MR) is 116 cm³/mol. The van der Waals surface area contributed by atoms with Crippen LogP contribution >= 0.6 is 22.9 Å². The second kappa shape index (κ2) is 8.81. The van der Waals surface area contributed by atoms with Crippen molar-refractivity contribution in [2.24, 2.45) is 0 Å². The Kier molecular flexibility index (Phi) is 6.26. The number of carbonyl (C=O) groups excluding carboxylic acids is 1. The van der Waals surface area contributed by atoms with Gasteiger partial charge in [0.05, 0.1) is 10.9 Å². The molecule has 4 rings (SSSR count). The molecule has 0 unspecified atom stereocenters. The number of halogens is 3. The highest BCUT2D eigenvalue weighted by molar-refractivity contribution is 7.89. The van der Waals surface area contributed by atoms with Crippen molar-refractivity contribution in [1.82, 2.24) is 14.5 Å². The van der Waals surface area contributed by atoms with Crippen molar-refractivity contribution in [1.29, 1.82) is 0 Å². The number of carbonyl (C=O) groups is 1. The Hall–Kier alpha value is -2.47. The lowest BCUT2D eigenvalue weighted by atomic mass is 10.2. The van der Waals surface area contributed by atoms with E-state index in [-0.39, 0.29) is 15.6 Å². The Morgan fingerprint density at radius 3 is 2.75 bits per heavy atom. The lowest BCUT2D eigenvalue weighted by molar-refractivity contribution is 0.102. The van der Waals surface area contributed by atoms with Crippen LogP contribution in [0.5, 0.6) is 0 Å². The van der Waals surface area contributed by atoms with Crippen molar-refractivity contribution in [3.8, 4) is 0 Å². The van der Waals surface area contributed by atoms with E-state index in [1.54, 1.807) is 19.1 Å². The second-order valence-corrected chi connectivity index (χ2v) is 10.4. The van der Waals surface area contributed by atoms with E-state index in [9.17, 15) is 22.0 Å². The first-order chi connectivity index (χ1) is 15.2. The lowest BCUT2D eigenvalue weighted by Crippen LogP contribution is -2.31. The summed E-state index contributed by atoms with van der Waals surface area (Å²) >= 11 is 7.06. The first-order valence-electron chi connectivity index (χ1n) is 9.55. The third-order valence-electron chi connectivity index (χ3n) is 5.11. The molecule has 0 radical (unpaired) electrons. The van der Waals surface area contributed by atoms with E-state index in [1.807, 2.05) is 0 Å². The molecule has 2 heterocycles. The molecule has 1 fully saturated rings. The lowest BCUT2D eigenvalue weighted by Gasteiger charge is -2.23. The van der Waals surface area contributed by atoms with Crippen LogP contribution in [0.1, 0.15) is 39.3 Å². The minimum absolute atomic E-state index is 0.0204. The van der Waals surface area contributed by atoms with E-state index in [0.29, 0.717) is 35.0 Å². The number of nitrogens with one attached hydrogen (secondary N) is 1. The molecule has 2 aromatic carbocycles. The maximum Gasteiger partial charge on any atom is 0.286 e. The molecule has 12 heteroatoms. The van der Waals surface area contributed by atoms with Crippen LogP contribution < -0.4 is 5.32 Å². The molecule has 168 valence electrons. The van der Waals surface area contributed by atoms with Gasteiger partial charge in [-0.05, 0) is 49.6 Å². The van der Waals surface area contributed by atoms with Gasteiger partial charge in [0.25, 0.3) is 5.91 Å². The van der Waals surface area contributed by atoms with E-state index in [0.717, 1.165) is 23.5 Å². The summed E-state index contributed by atoms with van der Waals surface area (Å²) in [6.45, 7) is 1.95. The average molecular weight is 499 g/mol. The third-order valence-corrected chi connectivity index (χ3v) is 8.59. The van der Waals surface area contributed by atoms with Gasteiger partial charge in [0, 0.05) is 23.3 Å². The van der Waals surface area contributed by atoms with Gasteiger partial charge < -0.3 is 5.32 Å². The van der Waals surface area contributed by atoms with E-state index in [2.05, 4.69) is 15.5 Å². The Morgan fingerprint density at radius 2 is 2.00 bits per heavy atom. The van der Waals surface area contributed by atoms with Crippen LogP contribution in [-0.4, -0.2) is 35.4 Å². The number of hydrogen-bond acceptors (Lipinski definition) is 6. The Labute approximate surface area is 192 Å². The van der Waals surface area contributed by atoms with Gasteiger partial charge in [0.15, 0.2) is 11.6 Å². The smallest absolute Gasteiger partial charge is 0.286 e. The molecular weight excluding hydrogens is 482 g/mol. The number of hydrogen-bond donors (Lipinski definition) is 1. The number of nitrogens with zero attached hydrogens (tertiary/aromatic N) is 3. The van der Waals surface area contributed by atoms with Crippen molar-refractivity contribution >= 4 is 44.6 Å². The molecule has 1 aliphatic rings. The molecule has 1 N–H and O–H groups in total. The molecule has 0 spiro atoms. The fourth-order valence-electron chi connectivity index (χ4n) is 3.49. The van der Waals surface area contributed by atoms with Crippen LogP contribution in [0, 0.1) is 18.6 Å². The highest BCUT2D eigenvalue weighted by Gasteiger charge is 2.39. The van der Waals surface area contributed by atoms with Crippen LogP contribution in [0.4, 0.5) is 14.5 Å². The summed E-state index contributed by atoms with van der Waals surface area (Å²) in [5.74, 6) is -2.78. The zero-order chi connectivity index (χ0) is 23.0. The maximum atomic E-state index is 13.4. The van der Waals surface area contributed by atoms with Crippen molar-refractivity contribution < 1.29 is 22.0 Å². The van der Waals surface area contributed by atoms with E-state index >= 15 is 0 Å². The fraction of sp³-hybridized carbons (Fsp3) is 0.250. The van der Waals surface area contributed by atoms with Crippen molar-refractivity contribution in [2.45, 2.75) is 30.7 Å². The Morgan fingerprint density at radius 1 is 1.22 bits per heavy atom. The van der Waals surface area contributed by atoms with Crippen molar-refractivity contribution in [3.05, 3.63) is 68.6 Å². The van der Waals surface area contributed by atoms with Crippen LogP contribution in [0.2, 0.25) is 5.02 Å². The van der Waals surface area contributed by atoms with Gasteiger partial charge in [0.1, 0.15) is 5.01 Å². The fourth-order valence-corrected chi connectivity index (χ4v) is 6.58. The highest BCUT2D eigenvalue weighted by atomic mass is 35.5. The maximum absolute atomic E-state index is 13.4. The first-order valence-corrected chi connectivity index (χ1v) is 12.2. The van der Waals surface area contributed by atoms with Gasteiger partial charge in [-0.1, -0.05) is 29.0 Å². The SMILES string of the molecule is Cc1c(Cl)cccc1S(=O)(=O)N1CCC[C@@H]1c1nnc(C(=O)Nc2ccc(F)c(F)c2)s1. The molecule has 0 bridgehead atoms. The van der Waals surface area contributed by atoms with E-state index < -0.39 is 33.6 Å². The number of rotatable bonds is 5. The minimum atomic E-state index is -3.85. The zero-order valence-electron chi connectivity index (χ0n) is 16.7. The van der Waals surface area contributed by atoms with Crippen molar-refractivity contribution in [3.63, 3.8) is 0 Å². The topological polar surface area (TPSA) is 92.3 Å². The minimum Gasteiger partial charge on any atom is -0.320 e. The van der Waals surface area contributed by atoms with Crippen LogP contribution in [0.25, 0.3) is 0 Å². The molecule has 1 saturated heterocycles. The first kappa shape index (κ1) is 22.7. The van der Waals surface area contributed by atoms with E-state index in [1.165, 1.54) is 16.4 Å². The summed E-state index contributed by atoms with van der Waals surface area (Å²) < 4.78 is 54.4. The largest absolute Gasteiger partial charge is 0.320 e. The molecule has 0 saturated carbocycles. The molecule has 3 aromatic rings. The van der Waals surface area contributed by atoms with Gasteiger partial charge in [-0.15, -0.1) is 10.2 Å². The quantitative estimate of drug-likeness (QED) is 0.557. The Balaban J connectivity index is 1.57. The summed E-state index contributed by atoms with van der Waals surface area (Å²) in [7, 11) is -3.85. The molecule has 1 amide bonds. The van der Waals surface area contributed by atoms with Crippen LogP contribution in [-0.2, 0) is 10.0 Å². The zero-order valence-corrected chi connectivity index (χ0v) is 19.1. The predicted octanol–water partition coefficient (Wildman–Crippen LogP) is 4.56. The summed E-state index contributed by atoms with van der Waals surface area (Å²) in [5, 5.41) is 11.0. The molecule has 0 aliphatic carbocycles. The summed E-state index contributed by atoms with van der Waals surface area (Å²) in [6.07, 6.45) is 1.15. The summed E-state index contributed by atoms with van der Waals surface area (Å²) in [4.78, 5) is 12.6. The second-order valence-electron chi connectivity index (χ2n) is 7.17. The van der Waals surface area contributed by atoms with E-state index in [4.69, 9.17) is 11.6 Å². The van der Waals surface area contributed by atoms with Gasteiger partial charge in [-0.25, -0.2) is 17.2 Å². The molecule has 1 aromatic heterocycles. The molecule has 32 heavy (non-hydrogen) atoms. The molecule has 1 atom stereocenters. The molecular formula is C20H17ClF2N4O3S2. The Bertz CT molecular complexity index is 1300. The normalized spacial score (nSPS) is 16.9. The molecule has 7 nitrogen and oxygen atoms in total. The third kappa shape index (κ3) is 4.25. The van der Waals surface area contributed by atoms with Gasteiger partial charge in [0.2, 0.25) is 15.0 Å². The van der Waals surface area contributed by atoms with Gasteiger partial charge in [-0.3, -0.25) is 4.79 Å². The summed E-state index contributed by atoms with van der Waals surface area (Å²) in [6, 6.07) is 7.12. The number of anilines is 1. The standard InChI is InChI=1S/C20H17ClF2N4O3S2/c1-11-13(21)4-2-6-17(11)32(29,30)27-9-3-5-16(27)19-25-26-20(31-19)18(28)24-12-7-8-14(22)15(23)10-12/h2,4,6-8,10,16H,3,5,9H2,1H3,(H,24,28)/t16-/m1/s1. The van der Waals surface area contributed by atoms with Crippen LogP contribution in [0.15, 0.2) is 41.3 Å². The van der Waals surface area contributed by atoms with Crippen molar-refractivity contribution in [2.75, 3.05) is 11.9 Å². The average Bonchev–Trinajstić information content (AvgIpc) is 3.42. The monoisotopic (exact) mass is 498 g/mol. The number of sulfonamides is 1. The number of amides is 1. The molecule has 1 aliphatic heterocycles. The highest BCUT2D eigenvalue weighted by Crippen LogP contribution is 2.39. The van der Waals surface area contributed by atoms with Gasteiger partial charge >= 0.3 is 0 Å². The number of benzene rings is 2. The van der Waals surface area contributed by atoms with Gasteiger partial charge in [-0.2, -0.15) is 4.31 Å². The van der Waals surface area contributed by atoms with Crippen LogP contribution in [0.3, 0.4) is 0 Å². The number of aromatic nitrogens is 2.